The van der Waals surface area contributed by atoms with Crippen molar-refractivity contribution in [2.45, 2.75) is 44.8 Å². The van der Waals surface area contributed by atoms with Crippen LogP contribution in [0.25, 0.3) is 0 Å². The number of nitriles is 1. The van der Waals surface area contributed by atoms with Gasteiger partial charge < -0.3 is 32.2 Å². The first kappa shape index (κ1) is 25.9. The number of ether oxygens (including phenoxy) is 1. The number of hydrogen-bond acceptors (Lipinski definition) is 6. The smallest absolute Gasteiger partial charge is 0.270 e. The summed E-state index contributed by atoms with van der Waals surface area (Å²) in [6, 6.07) is 9.50. The number of benzene rings is 1. The van der Waals surface area contributed by atoms with Crippen LogP contribution in [0.1, 0.15) is 37.7 Å². The molecule has 1 unspecified atom stereocenters. The van der Waals surface area contributed by atoms with E-state index in [4.69, 9.17) is 21.5 Å². The highest BCUT2D eigenvalue weighted by Crippen LogP contribution is 2.14. The normalized spacial score (nSPS) is 11.2. The van der Waals surface area contributed by atoms with Gasteiger partial charge in [0, 0.05) is 33.0 Å². The highest BCUT2D eigenvalue weighted by Gasteiger charge is 2.19. The van der Waals surface area contributed by atoms with Gasteiger partial charge in [0.25, 0.3) is 5.91 Å². The van der Waals surface area contributed by atoms with Crippen LogP contribution in [0.15, 0.2) is 29.3 Å². The maximum atomic E-state index is 12.2. The Morgan fingerprint density at radius 3 is 2.48 bits per heavy atom. The molecular weight excluding hydrogens is 398 g/mol. The zero-order chi connectivity index (χ0) is 22.9. The Morgan fingerprint density at radius 1 is 1.13 bits per heavy atom. The fraction of sp³-hybridized carbons (Fsp3) is 0.524. The van der Waals surface area contributed by atoms with E-state index in [1.807, 2.05) is 24.3 Å². The number of aryl methyl sites for hydroxylation is 1. The molecule has 10 nitrogen and oxygen atoms in total. The van der Waals surface area contributed by atoms with Crippen LogP contribution in [0.5, 0.6) is 0 Å². The van der Waals surface area contributed by atoms with E-state index in [0.29, 0.717) is 38.0 Å². The third-order valence-electron chi connectivity index (χ3n) is 4.32. The molecule has 1 aromatic carbocycles. The monoisotopic (exact) mass is 431 g/mol. The van der Waals surface area contributed by atoms with E-state index in [0.717, 1.165) is 24.9 Å². The van der Waals surface area contributed by atoms with Crippen LogP contribution >= 0.6 is 0 Å². The number of unbranched alkanes of at least 4 members (excludes halogenated alkanes) is 1. The first-order valence-electron chi connectivity index (χ1n) is 10.3. The molecular formula is C21H33N7O3. The summed E-state index contributed by atoms with van der Waals surface area (Å²) in [5.41, 5.74) is 12.4. The van der Waals surface area contributed by atoms with Gasteiger partial charge in [0.2, 0.25) is 12.1 Å². The minimum absolute atomic E-state index is 0.00479. The fourth-order valence-corrected chi connectivity index (χ4v) is 2.74. The lowest BCUT2D eigenvalue weighted by Crippen LogP contribution is -2.48. The predicted octanol–water partition coefficient (Wildman–Crippen LogP) is 0.403. The zero-order valence-corrected chi connectivity index (χ0v) is 18.0. The lowest BCUT2D eigenvalue weighted by molar-refractivity contribution is -0.139. The molecule has 0 saturated heterocycles. The van der Waals surface area contributed by atoms with Crippen molar-refractivity contribution in [3.05, 3.63) is 29.8 Å². The fourth-order valence-electron chi connectivity index (χ4n) is 2.74. The number of guanidine groups is 1. The number of carbonyl (C=O) groups excluding carboxylic acids is 2. The average Bonchev–Trinajstić information content (AvgIpc) is 2.74. The SMILES string of the molecule is COC(NC(=O)CCCc1ccc(N=C(N)N)cc1)C(=O)NCCCCNCCC#N. The molecule has 0 fully saturated rings. The lowest BCUT2D eigenvalue weighted by Gasteiger charge is -2.17. The molecule has 7 N–H and O–H groups in total. The second-order valence-corrected chi connectivity index (χ2v) is 6.90. The molecule has 0 aliphatic rings. The minimum Gasteiger partial charge on any atom is -0.370 e. The molecule has 2 amide bonds. The topological polar surface area (TPSA) is 168 Å². The second kappa shape index (κ2) is 15.6. The van der Waals surface area contributed by atoms with E-state index in [-0.39, 0.29) is 24.2 Å². The third-order valence-corrected chi connectivity index (χ3v) is 4.32. The van der Waals surface area contributed by atoms with Crippen LogP contribution in [-0.2, 0) is 20.7 Å². The van der Waals surface area contributed by atoms with E-state index in [2.05, 4.69) is 27.0 Å². The molecule has 0 saturated carbocycles. The molecule has 170 valence electrons. The Balaban J connectivity index is 2.24. The summed E-state index contributed by atoms with van der Waals surface area (Å²) in [6.07, 6.45) is 2.75. The number of rotatable bonds is 15. The molecule has 31 heavy (non-hydrogen) atoms. The van der Waals surface area contributed by atoms with Gasteiger partial charge in [0.1, 0.15) is 0 Å². The van der Waals surface area contributed by atoms with Gasteiger partial charge in [-0.2, -0.15) is 5.26 Å². The summed E-state index contributed by atoms with van der Waals surface area (Å²) in [7, 11) is 1.38. The zero-order valence-electron chi connectivity index (χ0n) is 18.0. The van der Waals surface area contributed by atoms with Crippen LogP contribution in [0.4, 0.5) is 5.69 Å². The number of methoxy groups -OCH3 is 1. The van der Waals surface area contributed by atoms with Gasteiger partial charge in [0.05, 0.1) is 11.8 Å². The van der Waals surface area contributed by atoms with Gasteiger partial charge >= 0.3 is 0 Å². The first-order valence-corrected chi connectivity index (χ1v) is 10.3. The van der Waals surface area contributed by atoms with Crippen LogP contribution in [0.3, 0.4) is 0 Å². The highest BCUT2D eigenvalue weighted by atomic mass is 16.5. The summed E-state index contributed by atoms with van der Waals surface area (Å²) in [6.45, 7) is 1.95. The van der Waals surface area contributed by atoms with E-state index in [9.17, 15) is 9.59 Å². The standard InChI is InChI=1S/C21H33N7O3/c1-31-20(19(30)26-15-3-2-13-25-14-5-12-22)28-18(29)7-4-6-16-8-10-17(11-9-16)27-21(23)24/h8-11,20,25H,2-7,13-15H2,1H3,(H,26,30)(H,28,29)(H4,23,24,27). The summed E-state index contributed by atoms with van der Waals surface area (Å²) in [4.78, 5) is 28.2. The van der Waals surface area contributed by atoms with Crippen molar-refractivity contribution < 1.29 is 14.3 Å². The molecule has 1 aromatic rings. The minimum atomic E-state index is -1.01. The van der Waals surface area contributed by atoms with Gasteiger partial charge in [-0.3, -0.25) is 9.59 Å². The molecule has 0 aliphatic heterocycles. The number of nitrogens with two attached hydrogens (primary N) is 2. The van der Waals surface area contributed by atoms with Crippen molar-refractivity contribution in [3.63, 3.8) is 0 Å². The van der Waals surface area contributed by atoms with Crippen molar-refractivity contribution >= 4 is 23.5 Å². The molecule has 0 heterocycles. The number of aliphatic imine (C=N–C) groups is 1. The Kier molecular flexibility index (Phi) is 13.1. The van der Waals surface area contributed by atoms with Crippen LogP contribution in [0, 0.1) is 11.3 Å². The predicted molar refractivity (Wildman–Crippen MR) is 119 cm³/mol. The Morgan fingerprint density at radius 2 is 1.84 bits per heavy atom. The summed E-state index contributed by atoms with van der Waals surface area (Å²) >= 11 is 0. The third kappa shape index (κ3) is 12.2. The number of amides is 2. The van der Waals surface area contributed by atoms with Crippen LogP contribution in [0.2, 0.25) is 0 Å². The van der Waals surface area contributed by atoms with Gasteiger partial charge in [-0.05, 0) is 49.9 Å². The number of nitrogens with zero attached hydrogens (tertiary/aromatic N) is 2. The lowest BCUT2D eigenvalue weighted by atomic mass is 10.1. The number of hydrogen-bond donors (Lipinski definition) is 5. The van der Waals surface area contributed by atoms with E-state index >= 15 is 0 Å². The molecule has 0 aromatic heterocycles. The van der Waals surface area contributed by atoms with Crippen molar-refractivity contribution in [2.24, 2.45) is 16.5 Å². The van der Waals surface area contributed by atoms with E-state index in [1.165, 1.54) is 7.11 Å². The largest absolute Gasteiger partial charge is 0.370 e. The maximum Gasteiger partial charge on any atom is 0.270 e. The summed E-state index contributed by atoms with van der Waals surface area (Å²) < 4.78 is 5.09. The Labute approximate surface area is 183 Å². The Hall–Kier alpha value is -3.16. The molecule has 0 bridgehead atoms. The maximum absolute atomic E-state index is 12.2. The highest BCUT2D eigenvalue weighted by molar-refractivity contribution is 5.86. The van der Waals surface area contributed by atoms with Crippen LogP contribution < -0.4 is 27.4 Å². The summed E-state index contributed by atoms with van der Waals surface area (Å²) in [5, 5.41) is 16.9. The molecule has 0 aliphatic carbocycles. The van der Waals surface area contributed by atoms with Crippen LogP contribution in [-0.4, -0.2) is 50.7 Å². The molecule has 0 spiro atoms. The number of nitrogens with one attached hydrogen (secondary N) is 3. The molecule has 10 heteroatoms. The van der Waals surface area contributed by atoms with Gasteiger partial charge in [-0.25, -0.2) is 4.99 Å². The van der Waals surface area contributed by atoms with E-state index in [1.54, 1.807) is 0 Å². The summed E-state index contributed by atoms with van der Waals surface area (Å²) in [5.74, 6) is -0.616. The van der Waals surface area contributed by atoms with Gasteiger partial charge in [-0.1, -0.05) is 12.1 Å². The van der Waals surface area contributed by atoms with Crippen molar-refractivity contribution in [1.29, 1.82) is 5.26 Å². The average molecular weight is 432 g/mol. The van der Waals surface area contributed by atoms with Gasteiger partial charge in [0.15, 0.2) is 5.96 Å². The first-order chi connectivity index (χ1) is 15.0. The van der Waals surface area contributed by atoms with E-state index < -0.39 is 6.23 Å². The van der Waals surface area contributed by atoms with Crippen molar-refractivity contribution in [1.82, 2.24) is 16.0 Å². The second-order valence-electron chi connectivity index (χ2n) is 6.90. The Bertz CT molecular complexity index is 740. The molecule has 0 radical (unpaired) electrons. The van der Waals surface area contributed by atoms with Crippen molar-refractivity contribution in [2.75, 3.05) is 26.7 Å². The molecule has 1 rings (SSSR count). The van der Waals surface area contributed by atoms with Gasteiger partial charge in [-0.15, -0.1) is 0 Å². The number of carbonyl (C=O) groups is 2. The quantitative estimate of drug-likeness (QED) is 0.116. The molecule has 1 atom stereocenters. The van der Waals surface area contributed by atoms with Crippen molar-refractivity contribution in [3.8, 4) is 6.07 Å².